The van der Waals surface area contributed by atoms with E-state index < -0.39 is 14.4 Å². The van der Waals surface area contributed by atoms with Crippen molar-refractivity contribution in [2.45, 2.75) is 96.7 Å². The second-order valence-corrected chi connectivity index (χ2v) is 18.2. The quantitative estimate of drug-likeness (QED) is 0.237. The number of benzene rings is 2. The van der Waals surface area contributed by atoms with Crippen LogP contribution in [-0.2, 0) is 17.5 Å². The lowest BCUT2D eigenvalue weighted by Gasteiger charge is -2.44. The van der Waals surface area contributed by atoms with Crippen LogP contribution in [0.5, 0.6) is 17.2 Å². The molecular formula is C34H48O5Si. The predicted molar refractivity (Wildman–Crippen MR) is 163 cm³/mol. The van der Waals surface area contributed by atoms with Gasteiger partial charge in [-0.1, -0.05) is 45.9 Å². The van der Waals surface area contributed by atoms with Gasteiger partial charge in [0.2, 0.25) is 0 Å². The fraction of sp³-hybridized carbons (Fsp3) is 0.588. The van der Waals surface area contributed by atoms with Gasteiger partial charge in [0, 0.05) is 16.9 Å². The molecule has 5 nitrogen and oxygen atoms in total. The number of aliphatic hydroxyl groups excluding tert-OH is 1. The standard InChI is InChI=1S/C34H48O5Si/c1-10-25-13-18-30(39-40(8,9)33(2,3)4)34(25,5)20-19-24-21-28-27(31(24)35)16-17-29(32(28)37-7)38-22-23-11-14-26(36-6)15-12-23/h1,11-12,14-17,24-25,30-31,35H,13,18-22H2,2-9H3/t24?,25-,30+,31?,34+/m1/s1. The van der Waals surface area contributed by atoms with E-state index in [-0.39, 0.29) is 28.4 Å². The van der Waals surface area contributed by atoms with Gasteiger partial charge in [0.05, 0.1) is 26.4 Å². The predicted octanol–water partition coefficient (Wildman–Crippen LogP) is 7.71. The van der Waals surface area contributed by atoms with Crippen LogP contribution in [0.1, 0.15) is 76.2 Å². The number of hydrogen-bond acceptors (Lipinski definition) is 5. The van der Waals surface area contributed by atoms with E-state index in [2.05, 4.69) is 46.7 Å². The number of aliphatic hydroxyl groups is 1. The number of rotatable bonds is 10. The lowest BCUT2D eigenvalue weighted by molar-refractivity contribution is 0.0386. The van der Waals surface area contributed by atoms with Crippen molar-refractivity contribution in [3.05, 3.63) is 53.1 Å². The van der Waals surface area contributed by atoms with Crippen LogP contribution in [0.15, 0.2) is 36.4 Å². The molecule has 0 spiro atoms. The summed E-state index contributed by atoms with van der Waals surface area (Å²) in [6.45, 7) is 14.3. The van der Waals surface area contributed by atoms with Crippen LogP contribution >= 0.6 is 0 Å². The van der Waals surface area contributed by atoms with Crippen LogP contribution in [0.3, 0.4) is 0 Å². The second kappa shape index (κ2) is 11.8. The minimum Gasteiger partial charge on any atom is -0.497 e. The summed E-state index contributed by atoms with van der Waals surface area (Å²) in [6, 6.07) is 11.8. The molecule has 2 aromatic carbocycles. The first-order chi connectivity index (χ1) is 18.8. The minimum atomic E-state index is -1.94. The number of terminal acetylenes is 1. The highest BCUT2D eigenvalue weighted by atomic mass is 28.4. The summed E-state index contributed by atoms with van der Waals surface area (Å²) in [4.78, 5) is 0. The van der Waals surface area contributed by atoms with Crippen molar-refractivity contribution in [2.75, 3.05) is 14.2 Å². The Labute approximate surface area is 242 Å². The van der Waals surface area contributed by atoms with Crippen molar-refractivity contribution in [3.63, 3.8) is 0 Å². The average Bonchev–Trinajstić information content (AvgIpc) is 3.40. The first-order valence-electron chi connectivity index (χ1n) is 14.6. The third-order valence-corrected chi connectivity index (χ3v) is 14.5. The molecule has 0 aromatic heterocycles. The summed E-state index contributed by atoms with van der Waals surface area (Å²) in [5.41, 5.74) is 2.93. The summed E-state index contributed by atoms with van der Waals surface area (Å²) >= 11 is 0. The smallest absolute Gasteiger partial charge is 0.192 e. The summed E-state index contributed by atoms with van der Waals surface area (Å²) < 4.78 is 24.3. The van der Waals surface area contributed by atoms with Gasteiger partial charge < -0.3 is 23.7 Å². The maximum Gasteiger partial charge on any atom is 0.192 e. The van der Waals surface area contributed by atoms with Gasteiger partial charge in [0.1, 0.15) is 12.4 Å². The van der Waals surface area contributed by atoms with Gasteiger partial charge in [-0.25, -0.2) is 0 Å². The number of hydrogen-bond donors (Lipinski definition) is 1. The monoisotopic (exact) mass is 564 g/mol. The molecule has 218 valence electrons. The highest BCUT2D eigenvalue weighted by Gasteiger charge is 2.51. The van der Waals surface area contributed by atoms with E-state index in [1.807, 2.05) is 36.4 Å². The molecule has 1 N–H and O–H groups in total. The fourth-order valence-corrected chi connectivity index (χ4v) is 7.70. The molecule has 40 heavy (non-hydrogen) atoms. The van der Waals surface area contributed by atoms with E-state index in [9.17, 15) is 5.11 Å². The average molecular weight is 565 g/mol. The van der Waals surface area contributed by atoms with Crippen LogP contribution in [0.25, 0.3) is 0 Å². The summed E-state index contributed by atoms with van der Waals surface area (Å²) in [5.74, 6) is 5.63. The van der Waals surface area contributed by atoms with Crippen LogP contribution in [0.2, 0.25) is 18.1 Å². The van der Waals surface area contributed by atoms with Crippen molar-refractivity contribution in [1.82, 2.24) is 0 Å². The zero-order chi connectivity index (χ0) is 29.3. The van der Waals surface area contributed by atoms with Gasteiger partial charge >= 0.3 is 0 Å². The molecule has 4 rings (SSSR count). The van der Waals surface area contributed by atoms with Crippen molar-refractivity contribution in [3.8, 4) is 29.6 Å². The first kappa shape index (κ1) is 30.5. The van der Waals surface area contributed by atoms with E-state index >= 15 is 0 Å². The van der Waals surface area contributed by atoms with E-state index in [1.165, 1.54) is 0 Å². The van der Waals surface area contributed by atoms with Crippen LogP contribution in [-0.4, -0.2) is 33.7 Å². The zero-order valence-electron chi connectivity index (χ0n) is 25.7. The summed E-state index contributed by atoms with van der Waals surface area (Å²) in [5, 5.41) is 11.5. The molecule has 6 heteroatoms. The van der Waals surface area contributed by atoms with E-state index in [4.69, 9.17) is 25.1 Å². The maximum absolute atomic E-state index is 11.4. The number of fused-ring (bicyclic) bond motifs is 1. The second-order valence-electron chi connectivity index (χ2n) is 13.4. The van der Waals surface area contributed by atoms with Crippen LogP contribution in [0.4, 0.5) is 0 Å². The van der Waals surface area contributed by atoms with Crippen LogP contribution in [0, 0.1) is 29.6 Å². The summed E-state index contributed by atoms with van der Waals surface area (Å²) in [7, 11) is 1.40. The molecule has 2 aliphatic rings. The Morgan fingerprint density at radius 2 is 1.75 bits per heavy atom. The molecule has 0 bridgehead atoms. The van der Waals surface area contributed by atoms with Crippen LogP contribution < -0.4 is 14.2 Å². The maximum atomic E-state index is 11.4. The molecule has 0 radical (unpaired) electrons. The van der Waals surface area contributed by atoms with Gasteiger partial charge in [-0.3, -0.25) is 0 Å². The largest absolute Gasteiger partial charge is 0.497 e. The Kier molecular flexibility index (Phi) is 8.99. The molecule has 2 unspecified atom stereocenters. The van der Waals surface area contributed by atoms with Gasteiger partial charge in [-0.15, -0.1) is 12.3 Å². The van der Waals surface area contributed by atoms with Crippen molar-refractivity contribution in [2.24, 2.45) is 17.3 Å². The lowest BCUT2D eigenvalue weighted by Crippen LogP contribution is -2.48. The molecule has 1 saturated carbocycles. The van der Waals surface area contributed by atoms with Gasteiger partial charge in [0.25, 0.3) is 0 Å². The topological polar surface area (TPSA) is 57.2 Å². The molecule has 0 saturated heterocycles. The van der Waals surface area contributed by atoms with Crippen molar-refractivity contribution >= 4 is 8.32 Å². The van der Waals surface area contributed by atoms with Gasteiger partial charge in [-0.05, 0) is 85.5 Å². The molecule has 2 aromatic rings. The van der Waals surface area contributed by atoms with E-state index in [1.54, 1.807) is 14.2 Å². The van der Waals surface area contributed by atoms with Crippen molar-refractivity contribution in [1.29, 1.82) is 0 Å². The molecule has 5 atom stereocenters. The Morgan fingerprint density at radius 1 is 1.05 bits per heavy atom. The molecule has 2 aliphatic carbocycles. The number of ether oxygens (including phenoxy) is 3. The normalized spacial score (nSPS) is 26.3. The molecule has 0 aliphatic heterocycles. The lowest BCUT2D eigenvalue weighted by atomic mass is 9.73. The Balaban J connectivity index is 1.47. The van der Waals surface area contributed by atoms with Crippen molar-refractivity contribution < 1.29 is 23.7 Å². The Morgan fingerprint density at radius 3 is 2.35 bits per heavy atom. The number of methoxy groups -OCH3 is 2. The first-order valence-corrected chi connectivity index (χ1v) is 17.5. The zero-order valence-corrected chi connectivity index (χ0v) is 26.7. The molecule has 0 heterocycles. The molecule has 0 amide bonds. The summed E-state index contributed by atoms with van der Waals surface area (Å²) in [6.07, 6.45) is 10.3. The third kappa shape index (κ3) is 5.93. The van der Waals surface area contributed by atoms with E-state index in [0.29, 0.717) is 12.4 Å². The van der Waals surface area contributed by atoms with Gasteiger partial charge in [0.15, 0.2) is 19.8 Å². The van der Waals surface area contributed by atoms with Gasteiger partial charge in [-0.2, -0.15) is 0 Å². The molecule has 1 fully saturated rings. The highest BCUT2D eigenvalue weighted by molar-refractivity contribution is 6.74. The minimum absolute atomic E-state index is 0.102. The third-order valence-electron chi connectivity index (χ3n) is 10.00. The molecular weight excluding hydrogens is 516 g/mol. The highest BCUT2D eigenvalue weighted by Crippen LogP contribution is 2.53. The Bertz CT molecular complexity index is 1210. The van der Waals surface area contributed by atoms with E-state index in [0.717, 1.165) is 60.3 Å². The SMILES string of the molecule is C#C[C@@H]1CC[C@H](O[Si](C)(C)C(C)(C)C)[C@@]1(C)CCC1Cc2c(ccc(OCc3ccc(OC)cc3)c2OC)C1O. The Hall–Kier alpha value is -2.46. The fourth-order valence-electron chi connectivity index (χ4n) is 6.25.